The Balaban J connectivity index is 1.54. The van der Waals surface area contributed by atoms with E-state index in [9.17, 15) is 18.8 Å². The number of anilines is 2. The molecule has 1 atom stereocenters. The minimum absolute atomic E-state index is 0.206. The summed E-state index contributed by atoms with van der Waals surface area (Å²) in [6.07, 6.45) is 0.516. The van der Waals surface area contributed by atoms with Gasteiger partial charge in [0.1, 0.15) is 11.9 Å². The summed E-state index contributed by atoms with van der Waals surface area (Å²) in [5.41, 5.74) is 8.35. The third-order valence-corrected chi connectivity index (χ3v) is 5.13. The molecular formula is C20H19FN4O3. The Kier molecular flexibility index (Phi) is 4.46. The van der Waals surface area contributed by atoms with E-state index in [1.807, 2.05) is 6.07 Å². The first kappa shape index (κ1) is 18.0. The Morgan fingerprint density at radius 1 is 1.21 bits per heavy atom. The van der Waals surface area contributed by atoms with Gasteiger partial charge in [-0.1, -0.05) is 12.1 Å². The molecule has 3 amide bonds. The van der Waals surface area contributed by atoms with Crippen LogP contribution in [-0.4, -0.2) is 28.7 Å². The monoisotopic (exact) mass is 382 g/mol. The number of nitrogens with one attached hydrogen (secondary N) is 2. The third kappa shape index (κ3) is 3.17. The predicted molar refractivity (Wildman–Crippen MR) is 101 cm³/mol. The number of imide groups is 1. The summed E-state index contributed by atoms with van der Waals surface area (Å²) in [5.74, 6) is -1.41. The first-order valence-corrected chi connectivity index (χ1v) is 8.98. The molecule has 0 saturated carbocycles. The first-order valence-electron chi connectivity index (χ1n) is 8.98. The van der Waals surface area contributed by atoms with Gasteiger partial charge in [-0.15, -0.1) is 0 Å². The molecule has 7 nitrogen and oxygen atoms in total. The minimum atomic E-state index is -0.667. The molecule has 0 bridgehead atoms. The lowest BCUT2D eigenvalue weighted by Gasteiger charge is -2.29. The molecule has 144 valence electrons. The van der Waals surface area contributed by atoms with Gasteiger partial charge in [0.15, 0.2) is 0 Å². The lowest BCUT2D eigenvalue weighted by molar-refractivity contribution is -0.136. The number of nitrogens with zero attached hydrogens (tertiary/aromatic N) is 1. The lowest BCUT2D eigenvalue weighted by Crippen LogP contribution is -2.52. The molecule has 8 heteroatoms. The number of nitrogen functional groups attached to an aromatic ring is 1. The Morgan fingerprint density at radius 3 is 2.79 bits per heavy atom. The molecule has 1 saturated heterocycles. The van der Waals surface area contributed by atoms with Gasteiger partial charge >= 0.3 is 0 Å². The van der Waals surface area contributed by atoms with E-state index in [4.69, 9.17) is 5.73 Å². The summed E-state index contributed by atoms with van der Waals surface area (Å²) in [6.45, 7) is 0.489. The van der Waals surface area contributed by atoms with Crippen molar-refractivity contribution in [1.29, 1.82) is 0 Å². The fourth-order valence-corrected chi connectivity index (χ4v) is 3.65. The molecule has 4 rings (SSSR count). The van der Waals surface area contributed by atoms with Gasteiger partial charge in [0, 0.05) is 47.6 Å². The van der Waals surface area contributed by atoms with Crippen molar-refractivity contribution in [2.24, 2.45) is 0 Å². The lowest BCUT2D eigenvalue weighted by atomic mass is 10.0. The van der Waals surface area contributed by atoms with Gasteiger partial charge in [-0.3, -0.25) is 19.7 Å². The van der Waals surface area contributed by atoms with Gasteiger partial charge in [-0.25, -0.2) is 4.39 Å². The maximum absolute atomic E-state index is 14.0. The number of nitrogens with two attached hydrogens (primary N) is 1. The number of rotatable bonds is 4. The second-order valence-corrected chi connectivity index (χ2v) is 6.94. The highest BCUT2D eigenvalue weighted by atomic mass is 19.1. The van der Waals surface area contributed by atoms with E-state index in [1.54, 1.807) is 24.3 Å². The summed E-state index contributed by atoms with van der Waals surface area (Å²) in [5, 5.41) is 5.46. The second-order valence-electron chi connectivity index (χ2n) is 6.94. The van der Waals surface area contributed by atoms with Crippen LogP contribution in [0.3, 0.4) is 0 Å². The smallest absolute Gasteiger partial charge is 0.255 e. The SMILES string of the molecule is Nc1ccc(CNc2cccc3c2CN(C2CCC(=O)NC2=O)C3=O)c(F)c1. The van der Waals surface area contributed by atoms with E-state index in [-0.39, 0.29) is 31.3 Å². The maximum atomic E-state index is 14.0. The Hall–Kier alpha value is -3.42. The summed E-state index contributed by atoms with van der Waals surface area (Å²) >= 11 is 0. The Morgan fingerprint density at radius 2 is 2.04 bits per heavy atom. The zero-order valence-electron chi connectivity index (χ0n) is 15.0. The van der Waals surface area contributed by atoms with Gasteiger partial charge in [0.25, 0.3) is 5.91 Å². The normalized spacial score (nSPS) is 18.8. The van der Waals surface area contributed by atoms with E-state index in [0.29, 0.717) is 28.9 Å². The van der Waals surface area contributed by atoms with E-state index in [1.165, 1.54) is 11.0 Å². The molecule has 28 heavy (non-hydrogen) atoms. The highest BCUT2D eigenvalue weighted by Gasteiger charge is 2.39. The van der Waals surface area contributed by atoms with Crippen molar-refractivity contribution in [3.05, 3.63) is 58.9 Å². The number of halogens is 1. The molecule has 2 heterocycles. The van der Waals surface area contributed by atoms with Crippen LogP contribution in [0.15, 0.2) is 36.4 Å². The van der Waals surface area contributed by atoms with Gasteiger partial charge in [0.05, 0.1) is 0 Å². The van der Waals surface area contributed by atoms with E-state index in [0.717, 1.165) is 5.56 Å². The van der Waals surface area contributed by atoms with Crippen LogP contribution in [0.1, 0.15) is 34.3 Å². The quantitative estimate of drug-likeness (QED) is 0.552. The average molecular weight is 382 g/mol. The predicted octanol–water partition coefficient (Wildman–Crippen LogP) is 1.78. The molecule has 1 fully saturated rings. The van der Waals surface area contributed by atoms with Crippen LogP contribution in [0.5, 0.6) is 0 Å². The Labute approximate surface area is 160 Å². The number of carbonyl (C=O) groups excluding carboxylic acids is 3. The van der Waals surface area contributed by atoms with Crippen LogP contribution >= 0.6 is 0 Å². The molecule has 0 aliphatic carbocycles. The van der Waals surface area contributed by atoms with Crippen molar-refractivity contribution in [3.63, 3.8) is 0 Å². The molecule has 0 aromatic heterocycles. The molecule has 2 aliphatic rings. The van der Waals surface area contributed by atoms with Crippen molar-refractivity contribution in [1.82, 2.24) is 10.2 Å². The molecule has 0 spiro atoms. The van der Waals surface area contributed by atoms with Gasteiger partial charge in [-0.2, -0.15) is 0 Å². The van der Waals surface area contributed by atoms with E-state index in [2.05, 4.69) is 10.6 Å². The topological polar surface area (TPSA) is 105 Å². The number of carbonyl (C=O) groups is 3. The second kappa shape index (κ2) is 6.95. The summed E-state index contributed by atoms with van der Waals surface area (Å²) < 4.78 is 14.0. The number of fused-ring (bicyclic) bond motifs is 1. The van der Waals surface area contributed by atoms with E-state index < -0.39 is 17.8 Å². The molecular weight excluding hydrogens is 363 g/mol. The number of piperidine rings is 1. The highest BCUT2D eigenvalue weighted by molar-refractivity contribution is 6.06. The number of hydrogen-bond donors (Lipinski definition) is 3. The number of amides is 3. The molecule has 2 aliphatic heterocycles. The molecule has 4 N–H and O–H groups in total. The standard InChI is InChI=1S/C20H19FN4O3/c21-15-8-12(22)5-4-11(15)9-23-16-3-1-2-13-14(16)10-25(20(13)28)17-6-7-18(26)24-19(17)27/h1-5,8,17,23H,6-7,9-10,22H2,(H,24,26,27). The fourth-order valence-electron chi connectivity index (χ4n) is 3.65. The molecule has 2 aromatic carbocycles. The third-order valence-electron chi connectivity index (χ3n) is 5.13. The summed E-state index contributed by atoms with van der Waals surface area (Å²) in [4.78, 5) is 37.8. The van der Waals surface area contributed by atoms with Crippen molar-refractivity contribution >= 4 is 29.1 Å². The highest BCUT2D eigenvalue weighted by Crippen LogP contribution is 2.32. The van der Waals surface area contributed by atoms with Crippen molar-refractivity contribution in [3.8, 4) is 0 Å². The van der Waals surface area contributed by atoms with E-state index >= 15 is 0 Å². The van der Waals surface area contributed by atoms with Crippen LogP contribution in [0.2, 0.25) is 0 Å². The number of hydrogen-bond acceptors (Lipinski definition) is 5. The summed E-state index contributed by atoms with van der Waals surface area (Å²) in [7, 11) is 0. The van der Waals surface area contributed by atoms with Crippen LogP contribution in [0.25, 0.3) is 0 Å². The number of benzene rings is 2. The Bertz CT molecular complexity index is 991. The summed E-state index contributed by atoms with van der Waals surface area (Å²) in [6, 6.07) is 9.10. The van der Waals surface area contributed by atoms with Crippen molar-refractivity contribution < 1.29 is 18.8 Å². The fraction of sp³-hybridized carbons (Fsp3) is 0.250. The van der Waals surface area contributed by atoms with Gasteiger partial charge in [-0.05, 0) is 30.7 Å². The zero-order chi connectivity index (χ0) is 19.8. The maximum Gasteiger partial charge on any atom is 0.255 e. The molecule has 1 unspecified atom stereocenters. The first-order chi connectivity index (χ1) is 13.4. The average Bonchev–Trinajstić information content (AvgIpc) is 2.98. The van der Waals surface area contributed by atoms with Gasteiger partial charge < -0.3 is 16.0 Å². The van der Waals surface area contributed by atoms with Crippen LogP contribution in [0.4, 0.5) is 15.8 Å². The van der Waals surface area contributed by atoms with Crippen molar-refractivity contribution in [2.45, 2.75) is 32.0 Å². The minimum Gasteiger partial charge on any atom is -0.399 e. The van der Waals surface area contributed by atoms with Crippen LogP contribution in [0, 0.1) is 5.82 Å². The van der Waals surface area contributed by atoms with Crippen LogP contribution < -0.4 is 16.4 Å². The van der Waals surface area contributed by atoms with Crippen molar-refractivity contribution in [2.75, 3.05) is 11.1 Å². The van der Waals surface area contributed by atoms with Crippen LogP contribution in [-0.2, 0) is 22.7 Å². The molecule has 0 radical (unpaired) electrons. The van der Waals surface area contributed by atoms with Gasteiger partial charge in [0.2, 0.25) is 11.8 Å². The zero-order valence-corrected chi connectivity index (χ0v) is 15.0. The molecule has 2 aromatic rings. The largest absolute Gasteiger partial charge is 0.399 e.